The predicted octanol–water partition coefficient (Wildman–Crippen LogP) is 16.9. The van der Waals surface area contributed by atoms with Crippen molar-refractivity contribution in [3.8, 4) is 0 Å². The maximum Gasteiger partial charge on any atom is 0.332 e. The van der Waals surface area contributed by atoms with Gasteiger partial charge in [0.25, 0.3) is 0 Å². The van der Waals surface area contributed by atoms with E-state index in [0.717, 1.165) is 25.7 Å². The summed E-state index contributed by atoms with van der Waals surface area (Å²) >= 11 is 0. The van der Waals surface area contributed by atoms with Crippen LogP contribution in [0.1, 0.15) is 247 Å². The maximum atomic E-state index is 6.30. The molecule has 7 nitrogen and oxygen atoms in total. The molecule has 0 N–H and O–H groups in total. The lowest BCUT2D eigenvalue weighted by Crippen LogP contribution is -2.22. The average Bonchev–Trinajstić information content (AvgIpc) is 3.19. The summed E-state index contributed by atoms with van der Waals surface area (Å²) < 4.78 is 43.4. The summed E-state index contributed by atoms with van der Waals surface area (Å²) in [5.41, 5.74) is 0. The van der Waals surface area contributed by atoms with Gasteiger partial charge in [-0.25, -0.2) is 0 Å². The molecule has 9 heteroatoms. The van der Waals surface area contributed by atoms with Crippen LogP contribution < -0.4 is 0 Å². The van der Waals surface area contributed by atoms with E-state index in [1.807, 2.05) is 0 Å². The van der Waals surface area contributed by atoms with E-state index in [4.69, 9.17) is 31.9 Å². The Hall–Kier alpha value is 0.580. The molecule has 2 unspecified atom stereocenters. The zero-order valence-corrected chi connectivity index (χ0v) is 39.6. The molecule has 55 heavy (non-hydrogen) atoms. The minimum absolute atomic E-state index is 0.0998. The second-order valence-electron chi connectivity index (χ2n) is 16.0. The molecule has 0 aliphatic heterocycles. The Bertz CT molecular complexity index is 663. The van der Waals surface area contributed by atoms with E-state index in [1.165, 1.54) is 180 Å². The highest BCUT2D eigenvalue weighted by molar-refractivity contribution is 7.41. The van der Waals surface area contributed by atoms with Crippen molar-refractivity contribution in [3.63, 3.8) is 0 Å². The third-order valence-corrected chi connectivity index (χ3v) is 12.5. The number of ether oxygens (including phenoxy) is 1. The van der Waals surface area contributed by atoms with E-state index in [-0.39, 0.29) is 12.2 Å². The predicted molar refractivity (Wildman–Crippen MR) is 240 cm³/mol. The van der Waals surface area contributed by atoms with Gasteiger partial charge in [-0.3, -0.25) is 0 Å². The van der Waals surface area contributed by atoms with E-state index in [9.17, 15) is 0 Å². The van der Waals surface area contributed by atoms with Crippen LogP contribution in [0.5, 0.6) is 0 Å². The Morgan fingerprint density at radius 3 is 0.873 bits per heavy atom. The van der Waals surface area contributed by atoms with Gasteiger partial charge < -0.3 is 31.9 Å². The highest BCUT2D eigenvalue weighted by atomic mass is 31.2. The summed E-state index contributed by atoms with van der Waals surface area (Å²) in [6.07, 6.45) is 40.8. The van der Waals surface area contributed by atoms with Crippen LogP contribution in [-0.2, 0) is 31.9 Å². The summed E-state index contributed by atoms with van der Waals surface area (Å²) in [5, 5.41) is 0. The van der Waals surface area contributed by atoms with E-state index >= 15 is 0 Å². The first-order valence-corrected chi connectivity index (χ1v) is 26.3. The minimum atomic E-state index is -1.39. The first-order chi connectivity index (χ1) is 27.1. The molecule has 0 aliphatic carbocycles. The smallest absolute Gasteiger partial charge is 0.332 e. The van der Waals surface area contributed by atoms with Crippen LogP contribution in [0.15, 0.2) is 0 Å². The van der Waals surface area contributed by atoms with Crippen LogP contribution in [0.4, 0.5) is 0 Å². The van der Waals surface area contributed by atoms with E-state index < -0.39 is 17.2 Å². The zero-order valence-electron chi connectivity index (χ0n) is 37.8. The molecule has 0 fully saturated rings. The zero-order chi connectivity index (χ0) is 40.1. The Balaban J connectivity index is 4.65. The molecular formula is C46H96O7P2. The van der Waals surface area contributed by atoms with Crippen LogP contribution in [-0.4, -0.2) is 51.8 Å². The van der Waals surface area contributed by atoms with Crippen molar-refractivity contribution in [3.05, 3.63) is 0 Å². The van der Waals surface area contributed by atoms with Crippen molar-refractivity contribution in [2.45, 2.75) is 259 Å². The van der Waals surface area contributed by atoms with Gasteiger partial charge in [0.1, 0.15) is 0 Å². The van der Waals surface area contributed by atoms with Crippen LogP contribution >= 0.6 is 17.2 Å². The highest BCUT2D eigenvalue weighted by Gasteiger charge is 2.20. The lowest BCUT2D eigenvalue weighted by molar-refractivity contribution is -0.0164. The molecule has 0 rings (SSSR count). The fourth-order valence-electron chi connectivity index (χ4n) is 6.40. The fraction of sp³-hybridized carbons (Fsp3) is 1.00. The molecule has 332 valence electrons. The van der Waals surface area contributed by atoms with Crippen molar-refractivity contribution in [2.24, 2.45) is 0 Å². The third kappa shape index (κ3) is 44.0. The normalized spacial score (nSPS) is 13.1. The molecule has 2 atom stereocenters. The second kappa shape index (κ2) is 47.3. The molecule has 0 amide bonds. The van der Waals surface area contributed by atoms with Crippen LogP contribution in [0.3, 0.4) is 0 Å². The molecule has 0 aromatic rings. The maximum absolute atomic E-state index is 6.30. The number of unbranched alkanes of at least 4 members (excludes halogenated alkanes) is 28. The highest BCUT2D eigenvalue weighted by Crippen LogP contribution is 2.42. The lowest BCUT2D eigenvalue weighted by Gasteiger charge is -2.23. The SMILES string of the molecule is CCCCCCCCCCOP(OCCCCCCCCCC)OCC(C)OCC(C)OP(OCCCCCCCCCC)OCCCCCCCCCC. The summed E-state index contributed by atoms with van der Waals surface area (Å²) in [5.74, 6) is 0. The quantitative estimate of drug-likeness (QED) is 0.0447. The molecule has 0 saturated carbocycles. The van der Waals surface area contributed by atoms with Gasteiger partial charge in [-0.15, -0.1) is 0 Å². The Labute approximate surface area is 346 Å². The van der Waals surface area contributed by atoms with E-state index in [0.29, 0.717) is 39.6 Å². The van der Waals surface area contributed by atoms with Gasteiger partial charge in [0, 0.05) is 0 Å². The topological polar surface area (TPSA) is 64.6 Å². The van der Waals surface area contributed by atoms with Gasteiger partial charge in [-0.05, 0) is 39.5 Å². The molecule has 0 radical (unpaired) electrons. The van der Waals surface area contributed by atoms with Gasteiger partial charge in [0.2, 0.25) is 0 Å². The molecule has 0 saturated heterocycles. The van der Waals surface area contributed by atoms with Crippen molar-refractivity contribution in [1.82, 2.24) is 0 Å². The van der Waals surface area contributed by atoms with E-state index in [1.54, 1.807) is 0 Å². The number of hydrogen-bond donors (Lipinski definition) is 0. The first kappa shape index (κ1) is 55.6. The summed E-state index contributed by atoms with van der Waals surface area (Å²) in [4.78, 5) is 0. The first-order valence-electron chi connectivity index (χ1n) is 24.1. The van der Waals surface area contributed by atoms with Crippen molar-refractivity contribution in [2.75, 3.05) is 39.6 Å². The Kier molecular flexibility index (Phi) is 47.8. The fourth-order valence-corrected chi connectivity index (χ4v) is 8.62. The van der Waals surface area contributed by atoms with Crippen molar-refractivity contribution >= 4 is 17.2 Å². The largest absolute Gasteiger partial charge is 0.373 e. The van der Waals surface area contributed by atoms with Crippen LogP contribution in [0.25, 0.3) is 0 Å². The lowest BCUT2D eigenvalue weighted by atomic mass is 10.1. The number of rotatable bonds is 48. The minimum Gasteiger partial charge on any atom is -0.373 e. The molecular weight excluding hydrogens is 726 g/mol. The number of hydrogen-bond acceptors (Lipinski definition) is 7. The summed E-state index contributed by atoms with van der Waals surface area (Å²) in [6, 6.07) is 0. The van der Waals surface area contributed by atoms with Gasteiger partial charge in [-0.2, -0.15) is 0 Å². The molecule has 0 aliphatic rings. The Morgan fingerprint density at radius 2 is 0.564 bits per heavy atom. The molecule has 0 aromatic carbocycles. The van der Waals surface area contributed by atoms with Crippen molar-refractivity contribution in [1.29, 1.82) is 0 Å². The van der Waals surface area contributed by atoms with Gasteiger partial charge in [0.15, 0.2) is 0 Å². The van der Waals surface area contributed by atoms with Gasteiger partial charge >= 0.3 is 17.2 Å². The van der Waals surface area contributed by atoms with Crippen LogP contribution in [0.2, 0.25) is 0 Å². The average molecular weight is 823 g/mol. The summed E-state index contributed by atoms with van der Waals surface area (Å²) in [6.45, 7) is 16.9. The molecule has 0 aromatic heterocycles. The van der Waals surface area contributed by atoms with Gasteiger partial charge in [-0.1, -0.05) is 207 Å². The van der Waals surface area contributed by atoms with Gasteiger partial charge in [0.05, 0.1) is 51.8 Å². The second-order valence-corrected chi connectivity index (χ2v) is 18.4. The summed E-state index contributed by atoms with van der Waals surface area (Å²) in [7, 11) is -2.77. The standard InChI is InChI=1S/C46H96O7P2/c1-7-11-15-19-23-27-31-35-39-48-54(49-40-36-32-28-24-20-16-12-8-2)52-44-45(5)47-43-46(6)53-55(50-41-37-33-29-25-21-17-13-9-3)51-42-38-34-30-26-22-18-14-10-4/h45-46H,7-44H2,1-6H3. The van der Waals surface area contributed by atoms with E-state index in [2.05, 4.69) is 41.5 Å². The van der Waals surface area contributed by atoms with Crippen LogP contribution in [0, 0.1) is 0 Å². The third-order valence-electron chi connectivity index (χ3n) is 10.1. The molecule has 0 spiro atoms. The monoisotopic (exact) mass is 823 g/mol. The van der Waals surface area contributed by atoms with Crippen molar-refractivity contribution < 1.29 is 31.9 Å². The Morgan fingerprint density at radius 1 is 0.291 bits per heavy atom. The molecule has 0 bridgehead atoms. The molecule has 0 heterocycles.